The zero-order valence-electron chi connectivity index (χ0n) is 12.0. The van der Waals surface area contributed by atoms with Crippen LogP contribution in [-0.2, 0) is 11.3 Å². The number of aliphatic imine (C=N–C) groups is 1. The number of allylic oxidation sites excluding steroid dienone is 2. The van der Waals surface area contributed by atoms with Crippen molar-refractivity contribution in [3.63, 3.8) is 0 Å². The Hall–Kier alpha value is -1.91. The van der Waals surface area contributed by atoms with Gasteiger partial charge in [0.1, 0.15) is 5.76 Å². The molecule has 0 spiro atoms. The number of aromatic nitrogens is 2. The Morgan fingerprint density at radius 2 is 2.30 bits per heavy atom. The lowest BCUT2D eigenvalue weighted by Gasteiger charge is -2.28. The molecule has 0 aromatic carbocycles. The number of Topliss-reactive ketones (excluding diaryl/α,β-unsaturated/α-hetero) is 1. The normalized spacial score (nSPS) is 19.0. The fourth-order valence-corrected chi connectivity index (χ4v) is 2.37. The highest BCUT2D eigenvalue weighted by Gasteiger charge is 2.32. The monoisotopic (exact) mass is 275 g/mol. The van der Waals surface area contributed by atoms with E-state index in [1.807, 2.05) is 24.6 Å². The molecule has 0 atom stereocenters. The lowest BCUT2D eigenvalue weighted by atomic mass is 9.77. The molecule has 1 aliphatic rings. The molecule has 1 aromatic heterocycles. The van der Waals surface area contributed by atoms with Crippen LogP contribution >= 0.6 is 0 Å². The fourth-order valence-electron chi connectivity index (χ4n) is 2.37. The molecule has 0 saturated heterocycles. The standard InChI is InChI=1S/C15H21N3O2/c1-15(2)8-13(19)12(14(20)9-15)10-16-4-3-6-18-7-5-17-11-18/h5,7,10-11,19H,3-4,6,8-9H2,1-2H3. The van der Waals surface area contributed by atoms with E-state index < -0.39 is 0 Å². The zero-order valence-corrected chi connectivity index (χ0v) is 12.0. The van der Waals surface area contributed by atoms with Gasteiger partial charge in [0.05, 0.1) is 11.9 Å². The molecule has 0 amide bonds. The van der Waals surface area contributed by atoms with Gasteiger partial charge in [0, 0.05) is 44.5 Å². The first-order valence-electron chi connectivity index (χ1n) is 6.89. The number of aliphatic hydroxyl groups is 1. The van der Waals surface area contributed by atoms with E-state index in [9.17, 15) is 9.90 Å². The van der Waals surface area contributed by atoms with Crippen LogP contribution in [0.1, 0.15) is 33.1 Å². The van der Waals surface area contributed by atoms with Crippen molar-refractivity contribution in [2.24, 2.45) is 10.4 Å². The number of aryl methyl sites for hydroxylation is 1. The van der Waals surface area contributed by atoms with Crippen molar-refractivity contribution in [1.82, 2.24) is 9.55 Å². The maximum atomic E-state index is 11.9. The summed E-state index contributed by atoms with van der Waals surface area (Å²) in [6.45, 7) is 5.45. The van der Waals surface area contributed by atoms with E-state index in [-0.39, 0.29) is 17.0 Å². The molecule has 0 unspecified atom stereocenters. The fraction of sp³-hybridized carbons (Fsp3) is 0.533. The van der Waals surface area contributed by atoms with Crippen molar-refractivity contribution in [2.75, 3.05) is 6.54 Å². The number of aliphatic hydroxyl groups excluding tert-OH is 1. The Labute approximate surface area is 119 Å². The van der Waals surface area contributed by atoms with Crippen LogP contribution < -0.4 is 0 Å². The van der Waals surface area contributed by atoms with Crippen molar-refractivity contribution in [1.29, 1.82) is 0 Å². The Morgan fingerprint density at radius 1 is 1.50 bits per heavy atom. The minimum absolute atomic E-state index is 0.0166. The van der Waals surface area contributed by atoms with E-state index in [2.05, 4.69) is 9.98 Å². The van der Waals surface area contributed by atoms with Gasteiger partial charge in [0.15, 0.2) is 5.78 Å². The van der Waals surface area contributed by atoms with Gasteiger partial charge in [-0.15, -0.1) is 0 Å². The van der Waals surface area contributed by atoms with Crippen LogP contribution in [-0.4, -0.2) is 33.2 Å². The number of hydrogen-bond acceptors (Lipinski definition) is 4. The first-order chi connectivity index (χ1) is 9.48. The van der Waals surface area contributed by atoms with Crippen LogP contribution in [0.25, 0.3) is 0 Å². The third-order valence-corrected chi connectivity index (χ3v) is 3.38. The number of carbonyl (C=O) groups excluding carboxylic acids is 1. The van der Waals surface area contributed by atoms with Crippen LogP contribution in [0.3, 0.4) is 0 Å². The lowest BCUT2D eigenvalue weighted by molar-refractivity contribution is -0.117. The highest BCUT2D eigenvalue weighted by molar-refractivity contribution is 6.14. The third kappa shape index (κ3) is 3.79. The Balaban J connectivity index is 1.86. The second-order valence-corrected chi connectivity index (χ2v) is 5.99. The van der Waals surface area contributed by atoms with Gasteiger partial charge in [0.25, 0.3) is 0 Å². The van der Waals surface area contributed by atoms with E-state index in [0.717, 1.165) is 13.0 Å². The molecule has 1 heterocycles. The Morgan fingerprint density at radius 3 is 2.95 bits per heavy atom. The summed E-state index contributed by atoms with van der Waals surface area (Å²) in [4.78, 5) is 20.2. The lowest BCUT2D eigenvalue weighted by Crippen LogP contribution is -2.26. The molecule has 0 saturated carbocycles. The minimum atomic E-state index is -0.153. The molecule has 5 heteroatoms. The average Bonchev–Trinajstić information content (AvgIpc) is 2.83. The van der Waals surface area contributed by atoms with Gasteiger partial charge in [-0.25, -0.2) is 4.98 Å². The van der Waals surface area contributed by atoms with Crippen molar-refractivity contribution in [3.8, 4) is 0 Å². The maximum Gasteiger partial charge on any atom is 0.168 e. The third-order valence-electron chi connectivity index (χ3n) is 3.38. The first-order valence-corrected chi connectivity index (χ1v) is 6.89. The van der Waals surface area contributed by atoms with Crippen LogP contribution in [0.4, 0.5) is 0 Å². The largest absolute Gasteiger partial charge is 0.511 e. The highest BCUT2D eigenvalue weighted by atomic mass is 16.3. The Bertz CT molecular complexity index is 527. The molecule has 5 nitrogen and oxygen atoms in total. The maximum absolute atomic E-state index is 11.9. The topological polar surface area (TPSA) is 67.5 Å². The molecule has 2 rings (SSSR count). The summed E-state index contributed by atoms with van der Waals surface area (Å²) in [7, 11) is 0. The summed E-state index contributed by atoms with van der Waals surface area (Å²) in [6, 6.07) is 0. The van der Waals surface area contributed by atoms with Gasteiger partial charge in [0.2, 0.25) is 0 Å². The van der Waals surface area contributed by atoms with Crippen molar-refractivity contribution in [3.05, 3.63) is 30.1 Å². The quantitative estimate of drug-likeness (QED) is 0.663. The van der Waals surface area contributed by atoms with Crippen LogP contribution in [0.15, 0.2) is 35.0 Å². The van der Waals surface area contributed by atoms with E-state index in [4.69, 9.17) is 0 Å². The van der Waals surface area contributed by atoms with E-state index in [0.29, 0.717) is 25.0 Å². The summed E-state index contributed by atoms with van der Waals surface area (Å²) < 4.78 is 1.99. The number of hydrogen-bond donors (Lipinski definition) is 1. The summed E-state index contributed by atoms with van der Waals surface area (Å²) in [6.07, 6.45) is 8.83. The molecule has 1 aliphatic carbocycles. The highest BCUT2D eigenvalue weighted by Crippen LogP contribution is 2.35. The van der Waals surface area contributed by atoms with Crippen molar-refractivity contribution < 1.29 is 9.90 Å². The molecule has 1 N–H and O–H groups in total. The number of nitrogens with zero attached hydrogens (tertiary/aromatic N) is 3. The summed E-state index contributed by atoms with van der Waals surface area (Å²) in [5, 5.41) is 9.94. The van der Waals surface area contributed by atoms with E-state index >= 15 is 0 Å². The van der Waals surface area contributed by atoms with E-state index in [1.165, 1.54) is 6.21 Å². The molecule has 0 radical (unpaired) electrons. The average molecular weight is 275 g/mol. The minimum Gasteiger partial charge on any atom is -0.511 e. The molecule has 1 aromatic rings. The van der Waals surface area contributed by atoms with Gasteiger partial charge in [-0.2, -0.15) is 0 Å². The van der Waals surface area contributed by atoms with Crippen molar-refractivity contribution in [2.45, 2.75) is 39.7 Å². The zero-order chi connectivity index (χ0) is 14.6. The molecule has 0 fully saturated rings. The van der Waals surface area contributed by atoms with E-state index in [1.54, 1.807) is 12.5 Å². The molecule has 0 bridgehead atoms. The SMILES string of the molecule is CC1(C)CC(=O)C(C=NCCCn2ccnc2)=C(O)C1. The smallest absolute Gasteiger partial charge is 0.168 e. The van der Waals surface area contributed by atoms with Gasteiger partial charge in [-0.05, 0) is 11.8 Å². The molecule has 108 valence electrons. The summed E-state index contributed by atoms with van der Waals surface area (Å²) in [5.41, 5.74) is 0.229. The predicted octanol–water partition coefficient (Wildman–Crippen LogP) is 2.55. The molecular weight excluding hydrogens is 254 g/mol. The van der Waals surface area contributed by atoms with Gasteiger partial charge in [-0.1, -0.05) is 13.8 Å². The molecule has 0 aliphatic heterocycles. The summed E-state index contributed by atoms with van der Waals surface area (Å²) >= 11 is 0. The second-order valence-electron chi connectivity index (χ2n) is 5.99. The number of rotatable bonds is 5. The number of ketones is 1. The number of imidazole rings is 1. The second kappa shape index (κ2) is 6.03. The van der Waals surface area contributed by atoms with Gasteiger partial charge >= 0.3 is 0 Å². The van der Waals surface area contributed by atoms with Crippen LogP contribution in [0, 0.1) is 5.41 Å². The predicted molar refractivity (Wildman–Crippen MR) is 77.9 cm³/mol. The Kier molecular flexibility index (Phi) is 4.37. The van der Waals surface area contributed by atoms with Crippen LogP contribution in [0.2, 0.25) is 0 Å². The summed E-state index contributed by atoms with van der Waals surface area (Å²) in [5.74, 6) is 0.154. The molecule has 20 heavy (non-hydrogen) atoms. The molecular formula is C15H21N3O2. The number of carbonyl (C=O) groups is 1. The van der Waals surface area contributed by atoms with Crippen LogP contribution in [0.5, 0.6) is 0 Å². The van der Waals surface area contributed by atoms with Crippen molar-refractivity contribution >= 4 is 12.0 Å². The van der Waals surface area contributed by atoms with Gasteiger partial charge in [-0.3, -0.25) is 9.79 Å². The van der Waals surface area contributed by atoms with Gasteiger partial charge < -0.3 is 9.67 Å². The first kappa shape index (κ1) is 14.5.